The molecule has 2 rings (SSSR count). The number of hydrazine groups is 1. The van der Waals surface area contributed by atoms with Crippen molar-refractivity contribution in [1.82, 2.24) is 15.6 Å². The minimum atomic E-state index is -0.306. The quantitative estimate of drug-likeness (QED) is 0.384. The minimum Gasteiger partial charge on any atom is -0.290 e. The number of halogens is 1. The smallest absolute Gasteiger partial charge is 0.265 e. The number of amides is 1. The molecule has 0 atom stereocenters. The Morgan fingerprint density at radius 3 is 3.00 bits per heavy atom. The Labute approximate surface area is 120 Å². The van der Waals surface area contributed by atoms with Gasteiger partial charge in [-0.05, 0) is 17.7 Å². The normalized spacial score (nSPS) is 10.3. The molecule has 0 radical (unpaired) electrons. The summed E-state index contributed by atoms with van der Waals surface area (Å²) in [5, 5.41) is 7.73. The first-order valence-corrected chi connectivity index (χ1v) is 7.55. The summed E-state index contributed by atoms with van der Waals surface area (Å²) in [6.07, 6.45) is 0. The molecule has 1 aromatic carbocycles. The summed E-state index contributed by atoms with van der Waals surface area (Å²) in [4.78, 5) is 11.3. The third-order valence-corrected chi connectivity index (χ3v) is 4.78. The lowest BCUT2D eigenvalue weighted by Gasteiger charge is -2.05. The number of hydrogen-bond acceptors (Lipinski definition) is 6. The summed E-state index contributed by atoms with van der Waals surface area (Å²) in [5.41, 5.74) is 5.41. The van der Waals surface area contributed by atoms with Gasteiger partial charge in [0.2, 0.25) is 0 Å². The van der Waals surface area contributed by atoms with Crippen LogP contribution in [-0.2, 0) is 5.75 Å². The van der Waals surface area contributed by atoms with Gasteiger partial charge in [-0.15, -0.1) is 10.2 Å². The van der Waals surface area contributed by atoms with Crippen molar-refractivity contribution in [2.45, 2.75) is 10.1 Å². The molecule has 18 heavy (non-hydrogen) atoms. The first-order chi connectivity index (χ1) is 8.70. The van der Waals surface area contributed by atoms with E-state index in [2.05, 4.69) is 31.6 Å². The van der Waals surface area contributed by atoms with Crippen molar-refractivity contribution in [3.8, 4) is 0 Å². The van der Waals surface area contributed by atoms with Crippen LogP contribution in [0.1, 0.15) is 15.9 Å². The van der Waals surface area contributed by atoms with Gasteiger partial charge in [0.15, 0.2) is 4.34 Å². The Bertz CT molecular complexity index is 547. The van der Waals surface area contributed by atoms with Crippen LogP contribution in [-0.4, -0.2) is 16.1 Å². The predicted octanol–water partition coefficient (Wildman–Crippen LogP) is 2.20. The number of nitrogens with zero attached hydrogens (tertiary/aromatic N) is 2. The molecule has 0 saturated heterocycles. The molecule has 0 spiro atoms. The van der Waals surface area contributed by atoms with Crippen LogP contribution in [0.25, 0.3) is 0 Å². The average Bonchev–Trinajstić information content (AvgIpc) is 2.89. The van der Waals surface area contributed by atoms with Gasteiger partial charge < -0.3 is 0 Å². The van der Waals surface area contributed by atoms with Crippen molar-refractivity contribution in [3.63, 3.8) is 0 Å². The van der Waals surface area contributed by atoms with E-state index in [-0.39, 0.29) is 5.91 Å². The molecule has 0 saturated carbocycles. The van der Waals surface area contributed by atoms with Crippen LogP contribution in [0, 0.1) is 0 Å². The van der Waals surface area contributed by atoms with Crippen molar-refractivity contribution in [1.29, 1.82) is 0 Å². The SMILES string of the molecule is NNC(=O)c1ccc(CSc2nncs2)c(Br)c1. The molecule has 0 unspecified atom stereocenters. The van der Waals surface area contributed by atoms with E-state index in [4.69, 9.17) is 5.84 Å². The van der Waals surface area contributed by atoms with Gasteiger partial charge in [-0.25, -0.2) is 5.84 Å². The lowest BCUT2D eigenvalue weighted by Crippen LogP contribution is -2.29. The van der Waals surface area contributed by atoms with Gasteiger partial charge in [-0.2, -0.15) is 0 Å². The van der Waals surface area contributed by atoms with Gasteiger partial charge in [-0.3, -0.25) is 10.2 Å². The molecule has 2 aromatic rings. The van der Waals surface area contributed by atoms with Crippen LogP contribution in [0.4, 0.5) is 0 Å². The number of carbonyl (C=O) groups is 1. The molecule has 0 bridgehead atoms. The molecule has 8 heteroatoms. The first-order valence-electron chi connectivity index (χ1n) is 4.89. The van der Waals surface area contributed by atoms with Crippen LogP contribution in [0.3, 0.4) is 0 Å². The van der Waals surface area contributed by atoms with E-state index in [0.29, 0.717) is 5.56 Å². The van der Waals surface area contributed by atoms with E-state index in [0.717, 1.165) is 20.1 Å². The number of rotatable bonds is 4. The van der Waals surface area contributed by atoms with Gasteiger partial charge in [0.05, 0.1) is 0 Å². The Balaban J connectivity index is 2.08. The van der Waals surface area contributed by atoms with E-state index < -0.39 is 0 Å². The highest BCUT2D eigenvalue weighted by molar-refractivity contribution is 9.10. The summed E-state index contributed by atoms with van der Waals surface area (Å²) in [6, 6.07) is 5.38. The molecular formula is C10H9BrN4OS2. The van der Waals surface area contributed by atoms with Crippen molar-refractivity contribution >= 4 is 44.9 Å². The second-order valence-corrected chi connectivity index (χ2v) is 6.18. The van der Waals surface area contributed by atoms with Crippen molar-refractivity contribution in [3.05, 3.63) is 39.3 Å². The maximum Gasteiger partial charge on any atom is 0.265 e. The molecule has 5 nitrogen and oxygen atoms in total. The van der Waals surface area contributed by atoms with Crippen LogP contribution in [0.15, 0.2) is 32.5 Å². The molecule has 0 aliphatic rings. The summed E-state index contributed by atoms with van der Waals surface area (Å²) in [7, 11) is 0. The average molecular weight is 345 g/mol. The fraction of sp³-hybridized carbons (Fsp3) is 0.100. The van der Waals surface area contributed by atoms with Crippen molar-refractivity contribution < 1.29 is 4.79 Å². The predicted molar refractivity (Wildman–Crippen MR) is 75.3 cm³/mol. The second-order valence-electron chi connectivity index (χ2n) is 3.27. The van der Waals surface area contributed by atoms with E-state index in [1.165, 1.54) is 11.3 Å². The lowest BCUT2D eigenvalue weighted by molar-refractivity contribution is 0.0953. The molecular weight excluding hydrogens is 336 g/mol. The van der Waals surface area contributed by atoms with Gasteiger partial charge in [0, 0.05) is 15.8 Å². The molecule has 0 aliphatic heterocycles. The fourth-order valence-electron chi connectivity index (χ4n) is 1.25. The largest absolute Gasteiger partial charge is 0.290 e. The van der Waals surface area contributed by atoms with Crippen LogP contribution >= 0.6 is 39.0 Å². The lowest BCUT2D eigenvalue weighted by atomic mass is 10.1. The standard InChI is InChI=1S/C10H9BrN4OS2/c11-8-3-6(9(16)14-12)1-2-7(8)4-17-10-15-13-5-18-10/h1-3,5H,4,12H2,(H,14,16). The zero-order valence-corrected chi connectivity index (χ0v) is 12.3. The number of carbonyl (C=O) groups excluding carboxylic acids is 1. The molecule has 0 fully saturated rings. The van der Waals surface area contributed by atoms with E-state index in [1.807, 2.05) is 6.07 Å². The minimum absolute atomic E-state index is 0.306. The summed E-state index contributed by atoms with van der Waals surface area (Å²) >= 11 is 6.55. The number of nitrogens with two attached hydrogens (primary N) is 1. The van der Waals surface area contributed by atoms with Gasteiger partial charge >= 0.3 is 0 Å². The second kappa shape index (κ2) is 6.28. The maximum atomic E-state index is 11.3. The van der Waals surface area contributed by atoms with Gasteiger partial charge in [-0.1, -0.05) is 45.1 Å². The highest BCUT2D eigenvalue weighted by atomic mass is 79.9. The third kappa shape index (κ3) is 3.29. The zero-order valence-electron chi connectivity index (χ0n) is 9.09. The Morgan fingerprint density at radius 1 is 1.56 bits per heavy atom. The number of nitrogens with one attached hydrogen (secondary N) is 1. The molecule has 0 aliphatic carbocycles. The first kappa shape index (κ1) is 13.5. The number of hydrogen-bond donors (Lipinski definition) is 2. The fourth-order valence-corrected chi connectivity index (χ4v) is 3.45. The van der Waals surface area contributed by atoms with E-state index in [9.17, 15) is 4.79 Å². The van der Waals surface area contributed by atoms with Crippen molar-refractivity contribution in [2.24, 2.45) is 5.84 Å². The summed E-state index contributed by atoms with van der Waals surface area (Å²) in [6.45, 7) is 0. The molecule has 3 N–H and O–H groups in total. The number of nitrogen functional groups attached to an aromatic ring is 1. The highest BCUT2D eigenvalue weighted by Gasteiger charge is 2.08. The molecule has 1 heterocycles. The third-order valence-electron chi connectivity index (χ3n) is 2.14. The van der Waals surface area contributed by atoms with Gasteiger partial charge in [0.25, 0.3) is 5.91 Å². The van der Waals surface area contributed by atoms with Crippen LogP contribution in [0.2, 0.25) is 0 Å². The number of benzene rings is 1. The Morgan fingerprint density at radius 2 is 2.39 bits per heavy atom. The highest BCUT2D eigenvalue weighted by Crippen LogP contribution is 2.28. The summed E-state index contributed by atoms with van der Waals surface area (Å²) in [5.74, 6) is 5.54. The molecule has 1 amide bonds. The molecule has 1 aromatic heterocycles. The number of aromatic nitrogens is 2. The topological polar surface area (TPSA) is 80.9 Å². The van der Waals surface area contributed by atoms with Crippen LogP contribution in [0.5, 0.6) is 0 Å². The maximum absolute atomic E-state index is 11.3. The van der Waals surface area contributed by atoms with E-state index in [1.54, 1.807) is 29.4 Å². The van der Waals surface area contributed by atoms with Crippen LogP contribution < -0.4 is 11.3 Å². The summed E-state index contributed by atoms with van der Waals surface area (Å²) < 4.78 is 1.80. The number of thioether (sulfide) groups is 1. The Hall–Kier alpha value is -0.960. The monoisotopic (exact) mass is 344 g/mol. The van der Waals surface area contributed by atoms with E-state index >= 15 is 0 Å². The van der Waals surface area contributed by atoms with Crippen molar-refractivity contribution in [2.75, 3.05) is 0 Å². The zero-order chi connectivity index (χ0) is 13.0. The Kier molecular flexibility index (Phi) is 4.70. The molecule has 94 valence electrons. The van der Waals surface area contributed by atoms with Gasteiger partial charge in [0.1, 0.15) is 5.51 Å².